The fourth-order valence-corrected chi connectivity index (χ4v) is 1.57. The Morgan fingerprint density at radius 3 is 3.07 bits per heavy atom. The van der Waals surface area contributed by atoms with E-state index in [4.69, 9.17) is 0 Å². The fourth-order valence-electron chi connectivity index (χ4n) is 1.26. The lowest BCUT2D eigenvalue weighted by Crippen LogP contribution is -1.99. The molecule has 5 heteroatoms. The SMILES string of the molecule is COC(=O)c1c[nH]c2nc(Br)ccc12. The van der Waals surface area contributed by atoms with Crippen LogP contribution in [-0.2, 0) is 4.74 Å². The summed E-state index contributed by atoms with van der Waals surface area (Å²) in [6.45, 7) is 0. The monoisotopic (exact) mass is 254 g/mol. The van der Waals surface area contributed by atoms with Crippen LogP contribution >= 0.6 is 15.9 Å². The topological polar surface area (TPSA) is 55.0 Å². The molecule has 0 fully saturated rings. The Morgan fingerprint density at radius 1 is 1.57 bits per heavy atom. The predicted molar refractivity (Wildman–Crippen MR) is 55.1 cm³/mol. The second-order valence-electron chi connectivity index (χ2n) is 2.72. The molecule has 72 valence electrons. The van der Waals surface area contributed by atoms with Crippen LogP contribution in [0.25, 0.3) is 11.0 Å². The quantitative estimate of drug-likeness (QED) is 0.627. The van der Waals surface area contributed by atoms with E-state index in [1.165, 1.54) is 7.11 Å². The van der Waals surface area contributed by atoms with Crippen LogP contribution in [0.15, 0.2) is 22.9 Å². The smallest absolute Gasteiger partial charge is 0.340 e. The lowest BCUT2D eigenvalue weighted by molar-refractivity contribution is 0.0603. The van der Waals surface area contributed by atoms with E-state index in [0.29, 0.717) is 11.2 Å². The van der Waals surface area contributed by atoms with E-state index < -0.39 is 0 Å². The van der Waals surface area contributed by atoms with E-state index >= 15 is 0 Å². The number of carbonyl (C=O) groups is 1. The predicted octanol–water partition coefficient (Wildman–Crippen LogP) is 2.11. The molecule has 14 heavy (non-hydrogen) atoms. The van der Waals surface area contributed by atoms with Gasteiger partial charge in [-0.15, -0.1) is 0 Å². The first-order valence-electron chi connectivity index (χ1n) is 3.94. The highest BCUT2D eigenvalue weighted by Crippen LogP contribution is 2.19. The summed E-state index contributed by atoms with van der Waals surface area (Å²) < 4.78 is 5.36. The van der Waals surface area contributed by atoms with Crippen LogP contribution in [0.2, 0.25) is 0 Å². The van der Waals surface area contributed by atoms with E-state index in [9.17, 15) is 4.79 Å². The van der Waals surface area contributed by atoms with Crippen molar-refractivity contribution in [2.75, 3.05) is 7.11 Å². The third kappa shape index (κ3) is 1.39. The minimum absolute atomic E-state index is 0.361. The number of hydrogen-bond donors (Lipinski definition) is 1. The van der Waals surface area contributed by atoms with Crippen LogP contribution in [-0.4, -0.2) is 23.0 Å². The number of aromatic amines is 1. The lowest BCUT2D eigenvalue weighted by Gasteiger charge is -1.95. The molecule has 0 radical (unpaired) electrons. The summed E-state index contributed by atoms with van der Waals surface area (Å²) in [6, 6.07) is 3.60. The van der Waals surface area contributed by atoms with Crippen molar-refractivity contribution < 1.29 is 9.53 Å². The number of hydrogen-bond acceptors (Lipinski definition) is 3. The van der Waals surface area contributed by atoms with Crippen LogP contribution < -0.4 is 0 Å². The molecule has 0 saturated heterocycles. The van der Waals surface area contributed by atoms with Crippen LogP contribution in [0.1, 0.15) is 10.4 Å². The van der Waals surface area contributed by atoms with E-state index in [2.05, 4.69) is 30.6 Å². The number of nitrogens with zero attached hydrogens (tertiary/aromatic N) is 1. The van der Waals surface area contributed by atoms with Crippen molar-refractivity contribution in [1.82, 2.24) is 9.97 Å². The van der Waals surface area contributed by atoms with Gasteiger partial charge in [0, 0.05) is 11.6 Å². The van der Waals surface area contributed by atoms with Crippen molar-refractivity contribution in [1.29, 1.82) is 0 Å². The van der Waals surface area contributed by atoms with Crippen molar-refractivity contribution in [2.45, 2.75) is 0 Å². The highest BCUT2D eigenvalue weighted by Gasteiger charge is 2.12. The van der Waals surface area contributed by atoms with Gasteiger partial charge in [0.05, 0.1) is 12.7 Å². The maximum Gasteiger partial charge on any atom is 0.340 e. The summed E-state index contributed by atoms with van der Waals surface area (Å²) in [5, 5.41) is 0.764. The average molecular weight is 255 g/mol. The molecule has 0 aliphatic rings. The van der Waals surface area contributed by atoms with Gasteiger partial charge in [0.2, 0.25) is 0 Å². The van der Waals surface area contributed by atoms with E-state index in [1.807, 2.05) is 6.07 Å². The van der Waals surface area contributed by atoms with Gasteiger partial charge in [-0.1, -0.05) is 0 Å². The average Bonchev–Trinajstić information content (AvgIpc) is 2.59. The number of rotatable bonds is 1. The van der Waals surface area contributed by atoms with Crippen molar-refractivity contribution in [3.8, 4) is 0 Å². The molecule has 0 spiro atoms. The molecule has 2 heterocycles. The Bertz CT molecular complexity index is 493. The van der Waals surface area contributed by atoms with Crippen LogP contribution in [0.3, 0.4) is 0 Å². The van der Waals surface area contributed by atoms with Crippen molar-refractivity contribution in [2.24, 2.45) is 0 Å². The van der Waals surface area contributed by atoms with Gasteiger partial charge in [-0.05, 0) is 28.1 Å². The molecular weight excluding hydrogens is 248 g/mol. The highest BCUT2D eigenvalue weighted by molar-refractivity contribution is 9.10. The Labute approximate surface area is 88.4 Å². The molecule has 0 aliphatic heterocycles. The number of nitrogens with one attached hydrogen (secondary N) is 1. The molecule has 2 aromatic rings. The van der Waals surface area contributed by atoms with Gasteiger partial charge in [-0.25, -0.2) is 9.78 Å². The number of halogens is 1. The van der Waals surface area contributed by atoms with Gasteiger partial charge in [0.25, 0.3) is 0 Å². The molecule has 0 aliphatic carbocycles. The second kappa shape index (κ2) is 3.42. The van der Waals surface area contributed by atoms with Crippen molar-refractivity contribution in [3.63, 3.8) is 0 Å². The number of esters is 1. The van der Waals surface area contributed by atoms with Crippen LogP contribution in [0, 0.1) is 0 Å². The summed E-state index contributed by atoms with van der Waals surface area (Å²) in [7, 11) is 1.35. The standard InChI is InChI=1S/C9H7BrN2O2/c1-14-9(13)6-4-11-8-5(6)2-3-7(10)12-8/h2-4H,1H3,(H,11,12). The number of fused-ring (bicyclic) bond motifs is 1. The highest BCUT2D eigenvalue weighted by atomic mass is 79.9. The van der Waals surface area contributed by atoms with Gasteiger partial charge < -0.3 is 9.72 Å². The maximum atomic E-state index is 11.3. The first-order chi connectivity index (χ1) is 6.72. The van der Waals surface area contributed by atoms with E-state index in [0.717, 1.165) is 9.99 Å². The molecule has 0 saturated carbocycles. The lowest BCUT2D eigenvalue weighted by atomic mass is 10.2. The van der Waals surface area contributed by atoms with Gasteiger partial charge in [-0.3, -0.25) is 0 Å². The van der Waals surface area contributed by atoms with Crippen LogP contribution in [0.4, 0.5) is 0 Å². The summed E-state index contributed by atoms with van der Waals surface area (Å²) in [5.74, 6) is -0.361. The second-order valence-corrected chi connectivity index (χ2v) is 3.54. The number of aromatic nitrogens is 2. The Kier molecular flexibility index (Phi) is 2.25. The van der Waals surface area contributed by atoms with Gasteiger partial charge in [-0.2, -0.15) is 0 Å². The number of carbonyl (C=O) groups excluding carboxylic acids is 1. The molecule has 0 aromatic carbocycles. The number of methoxy groups -OCH3 is 1. The maximum absolute atomic E-state index is 11.3. The molecule has 2 rings (SSSR count). The number of pyridine rings is 1. The number of H-pyrrole nitrogens is 1. The number of ether oxygens (including phenoxy) is 1. The van der Waals surface area contributed by atoms with Gasteiger partial charge >= 0.3 is 5.97 Å². The zero-order chi connectivity index (χ0) is 10.1. The Morgan fingerprint density at radius 2 is 2.36 bits per heavy atom. The van der Waals surface area contributed by atoms with E-state index in [-0.39, 0.29) is 5.97 Å². The summed E-state index contributed by atoms with van der Waals surface area (Å²) in [5.41, 5.74) is 1.17. The minimum Gasteiger partial charge on any atom is -0.465 e. The minimum atomic E-state index is -0.361. The zero-order valence-corrected chi connectivity index (χ0v) is 8.96. The summed E-state index contributed by atoms with van der Waals surface area (Å²) in [6.07, 6.45) is 1.59. The molecule has 1 N–H and O–H groups in total. The van der Waals surface area contributed by atoms with E-state index in [1.54, 1.807) is 12.3 Å². The zero-order valence-electron chi connectivity index (χ0n) is 7.37. The molecule has 0 amide bonds. The summed E-state index contributed by atoms with van der Waals surface area (Å²) >= 11 is 3.25. The molecule has 0 unspecified atom stereocenters. The first-order valence-corrected chi connectivity index (χ1v) is 4.73. The van der Waals surface area contributed by atoms with Gasteiger partial charge in [0.1, 0.15) is 10.3 Å². The fraction of sp³-hybridized carbons (Fsp3) is 0.111. The third-order valence-corrected chi connectivity index (χ3v) is 2.35. The first kappa shape index (κ1) is 9.21. The molecule has 0 atom stereocenters. The van der Waals surface area contributed by atoms with Crippen molar-refractivity contribution >= 4 is 32.9 Å². The normalized spacial score (nSPS) is 10.4. The third-order valence-electron chi connectivity index (χ3n) is 1.91. The molecule has 2 aromatic heterocycles. The molecule has 4 nitrogen and oxygen atoms in total. The molecule has 0 bridgehead atoms. The Balaban J connectivity index is 2.64. The van der Waals surface area contributed by atoms with Crippen molar-refractivity contribution in [3.05, 3.63) is 28.5 Å². The van der Waals surface area contributed by atoms with Gasteiger partial charge in [0.15, 0.2) is 0 Å². The molecular formula is C9H7BrN2O2. The summed E-state index contributed by atoms with van der Waals surface area (Å²) in [4.78, 5) is 18.4. The largest absolute Gasteiger partial charge is 0.465 e. The Hall–Kier alpha value is -1.36. The van der Waals surface area contributed by atoms with Crippen LogP contribution in [0.5, 0.6) is 0 Å².